The minimum atomic E-state index is -0.354. The van der Waals surface area contributed by atoms with E-state index < -0.39 is 0 Å². The van der Waals surface area contributed by atoms with Crippen LogP contribution in [0, 0.1) is 5.82 Å². The molecule has 0 aliphatic carbocycles. The molecule has 0 fully saturated rings. The lowest BCUT2D eigenvalue weighted by molar-refractivity contribution is 0.0698. The Bertz CT molecular complexity index is 504. The zero-order valence-electron chi connectivity index (χ0n) is 15.1. The van der Waals surface area contributed by atoms with Crippen LogP contribution in [0.5, 0.6) is 5.75 Å². The molecule has 0 heterocycles. The Balaban J connectivity index is 0.00000576. The van der Waals surface area contributed by atoms with E-state index >= 15 is 0 Å². The van der Waals surface area contributed by atoms with Gasteiger partial charge >= 0.3 is 0 Å². The Labute approximate surface area is 166 Å². The number of halogens is 2. The molecule has 0 saturated carbocycles. The van der Waals surface area contributed by atoms with Gasteiger partial charge in [-0.25, -0.2) is 4.39 Å². The van der Waals surface area contributed by atoms with Gasteiger partial charge in [0.2, 0.25) is 0 Å². The van der Waals surface area contributed by atoms with E-state index in [1.807, 2.05) is 13.0 Å². The number of nitrogens with zero attached hydrogens (tertiary/aromatic N) is 1. The van der Waals surface area contributed by atoms with Crippen molar-refractivity contribution in [1.29, 1.82) is 0 Å². The van der Waals surface area contributed by atoms with Crippen LogP contribution in [-0.2, 0) is 16.0 Å². The fraction of sp³-hybridized carbons (Fsp3) is 0.588. The molecule has 6 nitrogen and oxygen atoms in total. The molecule has 0 spiro atoms. The summed E-state index contributed by atoms with van der Waals surface area (Å²) in [6.07, 6.45) is 0.863. The summed E-state index contributed by atoms with van der Waals surface area (Å²) in [5.41, 5.74) is 0.821. The summed E-state index contributed by atoms with van der Waals surface area (Å²) in [5, 5.41) is 6.33. The van der Waals surface area contributed by atoms with Gasteiger partial charge in [-0.15, -0.1) is 24.0 Å². The molecule has 0 atom stereocenters. The van der Waals surface area contributed by atoms with Gasteiger partial charge in [-0.3, -0.25) is 4.99 Å². The SMILES string of the molecule is CCOc1ccc(CNC(=NC)NCCCOCCOC)cc1F.I. The maximum atomic E-state index is 13.8. The van der Waals surface area contributed by atoms with E-state index in [-0.39, 0.29) is 35.5 Å². The maximum Gasteiger partial charge on any atom is 0.191 e. The summed E-state index contributed by atoms with van der Waals surface area (Å²) in [5.74, 6) is 0.589. The molecule has 0 saturated heterocycles. The van der Waals surface area contributed by atoms with Crippen molar-refractivity contribution in [3.63, 3.8) is 0 Å². The molecule has 25 heavy (non-hydrogen) atoms. The lowest BCUT2D eigenvalue weighted by atomic mass is 10.2. The van der Waals surface area contributed by atoms with E-state index in [2.05, 4.69) is 15.6 Å². The van der Waals surface area contributed by atoms with Gasteiger partial charge in [0, 0.05) is 33.9 Å². The average molecular weight is 469 g/mol. The van der Waals surface area contributed by atoms with Crippen LogP contribution >= 0.6 is 24.0 Å². The fourth-order valence-electron chi connectivity index (χ4n) is 1.96. The smallest absolute Gasteiger partial charge is 0.191 e. The highest BCUT2D eigenvalue weighted by molar-refractivity contribution is 14.0. The van der Waals surface area contributed by atoms with Crippen LogP contribution < -0.4 is 15.4 Å². The first-order valence-electron chi connectivity index (χ1n) is 8.13. The lowest BCUT2D eigenvalue weighted by Crippen LogP contribution is -2.37. The fourth-order valence-corrected chi connectivity index (χ4v) is 1.96. The topological polar surface area (TPSA) is 64.1 Å². The van der Waals surface area contributed by atoms with Gasteiger partial charge in [0.15, 0.2) is 17.5 Å². The molecule has 0 unspecified atom stereocenters. The van der Waals surface area contributed by atoms with Crippen molar-refractivity contribution in [2.45, 2.75) is 19.9 Å². The maximum absolute atomic E-state index is 13.8. The molecule has 1 aromatic carbocycles. The van der Waals surface area contributed by atoms with Crippen LogP contribution in [0.15, 0.2) is 23.2 Å². The van der Waals surface area contributed by atoms with Gasteiger partial charge in [-0.2, -0.15) is 0 Å². The molecular formula is C17H29FIN3O3. The Morgan fingerprint density at radius 1 is 1.20 bits per heavy atom. The summed E-state index contributed by atoms with van der Waals surface area (Å²) in [6.45, 7) is 5.37. The molecule has 8 heteroatoms. The number of rotatable bonds is 11. The zero-order chi connectivity index (χ0) is 17.6. The van der Waals surface area contributed by atoms with Gasteiger partial charge in [0.05, 0.1) is 19.8 Å². The molecule has 0 amide bonds. The summed E-state index contributed by atoms with van der Waals surface area (Å²) < 4.78 is 29.3. The van der Waals surface area contributed by atoms with Crippen molar-refractivity contribution in [3.8, 4) is 5.75 Å². The van der Waals surface area contributed by atoms with E-state index in [0.29, 0.717) is 38.9 Å². The highest BCUT2D eigenvalue weighted by atomic mass is 127. The van der Waals surface area contributed by atoms with Gasteiger partial charge in [-0.05, 0) is 31.0 Å². The van der Waals surface area contributed by atoms with Crippen LogP contribution in [0.4, 0.5) is 4.39 Å². The van der Waals surface area contributed by atoms with Gasteiger partial charge in [0.25, 0.3) is 0 Å². The standard InChI is InChI=1S/C17H28FN3O3.HI/c1-4-24-16-7-6-14(12-15(16)18)13-21-17(19-2)20-8-5-9-23-11-10-22-3;/h6-7,12H,4-5,8-11,13H2,1-3H3,(H2,19,20,21);1H. The number of guanidine groups is 1. The summed E-state index contributed by atoms with van der Waals surface area (Å²) in [4.78, 5) is 4.13. The number of hydrogen-bond acceptors (Lipinski definition) is 4. The molecule has 2 N–H and O–H groups in total. The minimum absolute atomic E-state index is 0. The second-order valence-corrected chi connectivity index (χ2v) is 5.01. The largest absolute Gasteiger partial charge is 0.491 e. The molecule has 0 aliphatic rings. The van der Waals surface area contributed by atoms with Crippen LogP contribution in [0.2, 0.25) is 0 Å². The lowest BCUT2D eigenvalue weighted by Gasteiger charge is -2.12. The summed E-state index contributed by atoms with van der Waals surface area (Å²) in [6, 6.07) is 4.94. The van der Waals surface area contributed by atoms with E-state index in [1.54, 1.807) is 20.2 Å². The number of ether oxygens (including phenoxy) is 3. The third-order valence-corrected chi connectivity index (χ3v) is 3.17. The second-order valence-electron chi connectivity index (χ2n) is 5.01. The highest BCUT2D eigenvalue weighted by Gasteiger charge is 2.05. The van der Waals surface area contributed by atoms with Gasteiger partial charge in [-0.1, -0.05) is 6.07 Å². The molecule has 0 aliphatic heterocycles. The van der Waals surface area contributed by atoms with E-state index in [9.17, 15) is 4.39 Å². The highest BCUT2D eigenvalue weighted by Crippen LogP contribution is 2.18. The third-order valence-electron chi connectivity index (χ3n) is 3.17. The van der Waals surface area contributed by atoms with Crippen LogP contribution in [-0.4, -0.2) is 53.1 Å². The number of hydrogen-bond donors (Lipinski definition) is 2. The number of aliphatic imine (C=N–C) groups is 1. The first-order chi connectivity index (χ1) is 11.7. The minimum Gasteiger partial charge on any atom is -0.491 e. The Morgan fingerprint density at radius 2 is 2.00 bits per heavy atom. The Morgan fingerprint density at radius 3 is 2.64 bits per heavy atom. The van der Waals surface area contributed by atoms with Crippen LogP contribution in [0.1, 0.15) is 18.9 Å². The molecule has 1 rings (SSSR count). The van der Waals surface area contributed by atoms with Gasteiger partial charge in [0.1, 0.15) is 0 Å². The predicted molar refractivity (Wildman–Crippen MR) is 108 cm³/mol. The van der Waals surface area contributed by atoms with E-state index in [0.717, 1.165) is 18.5 Å². The number of methoxy groups -OCH3 is 1. The number of nitrogens with one attached hydrogen (secondary N) is 2. The molecule has 0 aromatic heterocycles. The first kappa shape index (κ1) is 23.9. The summed E-state index contributed by atoms with van der Waals surface area (Å²) in [7, 11) is 3.35. The van der Waals surface area contributed by atoms with Crippen molar-refractivity contribution in [2.24, 2.45) is 4.99 Å². The molecule has 1 aromatic rings. The van der Waals surface area contributed by atoms with Gasteiger partial charge < -0.3 is 24.8 Å². The Hall–Kier alpha value is -1.13. The first-order valence-corrected chi connectivity index (χ1v) is 8.13. The molecular weight excluding hydrogens is 440 g/mol. The van der Waals surface area contributed by atoms with Crippen molar-refractivity contribution < 1.29 is 18.6 Å². The van der Waals surface area contributed by atoms with Crippen molar-refractivity contribution >= 4 is 29.9 Å². The number of benzene rings is 1. The van der Waals surface area contributed by atoms with Crippen molar-refractivity contribution in [3.05, 3.63) is 29.6 Å². The van der Waals surface area contributed by atoms with Crippen LogP contribution in [0.25, 0.3) is 0 Å². The molecule has 0 bridgehead atoms. The van der Waals surface area contributed by atoms with E-state index in [1.165, 1.54) is 6.07 Å². The quantitative estimate of drug-likeness (QED) is 0.226. The summed E-state index contributed by atoms with van der Waals surface area (Å²) >= 11 is 0. The normalized spacial score (nSPS) is 11.0. The van der Waals surface area contributed by atoms with Crippen molar-refractivity contribution in [2.75, 3.05) is 47.1 Å². The zero-order valence-corrected chi connectivity index (χ0v) is 17.5. The molecule has 144 valence electrons. The monoisotopic (exact) mass is 469 g/mol. The van der Waals surface area contributed by atoms with Crippen LogP contribution in [0.3, 0.4) is 0 Å². The predicted octanol–water partition coefficient (Wildman–Crippen LogP) is 2.56. The van der Waals surface area contributed by atoms with E-state index in [4.69, 9.17) is 14.2 Å². The average Bonchev–Trinajstić information content (AvgIpc) is 2.59. The second kappa shape index (κ2) is 15.2. The third kappa shape index (κ3) is 10.5. The van der Waals surface area contributed by atoms with Crippen molar-refractivity contribution in [1.82, 2.24) is 10.6 Å². The Kier molecular flexibility index (Phi) is 14.5. The molecule has 0 radical (unpaired) electrons.